The van der Waals surface area contributed by atoms with Crippen LogP contribution in [0, 0.1) is 0 Å². The Morgan fingerprint density at radius 1 is 0.588 bits per heavy atom. The largest absolute Gasteiger partial charge is 0.454 e. The molecule has 3 aromatic carbocycles. The summed E-state index contributed by atoms with van der Waals surface area (Å²) in [5.74, 6) is 2.79. The third-order valence-electron chi connectivity index (χ3n) is 5.50. The molecule has 0 aromatic heterocycles. The summed E-state index contributed by atoms with van der Waals surface area (Å²) in [5.41, 5.74) is 3.54. The summed E-state index contributed by atoms with van der Waals surface area (Å²) in [6.07, 6.45) is 7.25. The van der Waals surface area contributed by atoms with E-state index in [2.05, 4.69) is 0 Å². The van der Waals surface area contributed by atoms with Crippen LogP contribution in [0.3, 0.4) is 0 Å². The number of hydrogen-bond donors (Lipinski definition) is 0. The highest BCUT2D eigenvalue weighted by Crippen LogP contribution is 2.33. The van der Waals surface area contributed by atoms with Gasteiger partial charge in [0.15, 0.2) is 34.6 Å². The van der Waals surface area contributed by atoms with Gasteiger partial charge in [0, 0.05) is 12.8 Å². The van der Waals surface area contributed by atoms with Crippen molar-refractivity contribution in [2.45, 2.75) is 12.8 Å². The van der Waals surface area contributed by atoms with Crippen LogP contribution in [-0.4, -0.2) is 25.2 Å². The first-order chi connectivity index (χ1) is 16.6. The summed E-state index contributed by atoms with van der Waals surface area (Å²) in [7, 11) is 0. The summed E-state index contributed by atoms with van der Waals surface area (Å²) >= 11 is 0. The minimum Gasteiger partial charge on any atom is -0.454 e. The molecule has 0 atom stereocenters. The molecule has 0 spiro atoms. The molecule has 3 aromatic rings. The number of carbonyl (C=O) groups is 2. The smallest absolute Gasteiger partial charge is 0.231 e. The zero-order valence-electron chi connectivity index (χ0n) is 18.4. The normalized spacial score (nSPS) is 13.6. The highest BCUT2D eigenvalue weighted by molar-refractivity contribution is 5.96. The predicted molar refractivity (Wildman–Crippen MR) is 127 cm³/mol. The van der Waals surface area contributed by atoms with E-state index in [0.29, 0.717) is 35.8 Å². The van der Waals surface area contributed by atoms with Gasteiger partial charge in [-0.1, -0.05) is 48.6 Å². The lowest BCUT2D eigenvalue weighted by molar-refractivity contribution is -0.114. The first kappa shape index (κ1) is 21.5. The van der Waals surface area contributed by atoms with E-state index in [-0.39, 0.29) is 25.2 Å². The maximum absolute atomic E-state index is 12.4. The van der Waals surface area contributed by atoms with Crippen molar-refractivity contribution in [1.29, 1.82) is 0 Å². The van der Waals surface area contributed by atoms with Crippen LogP contribution in [0.15, 0.2) is 72.8 Å². The van der Waals surface area contributed by atoms with Gasteiger partial charge in [-0.2, -0.15) is 0 Å². The van der Waals surface area contributed by atoms with Crippen LogP contribution >= 0.6 is 0 Å². The van der Waals surface area contributed by atoms with Gasteiger partial charge in [0.1, 0.15) is 0 Å². The van der Waals surface area contributed by atoms with Crippen LogP contribution in [0.25, 0.3) is 12.2 Å². The second-order valence-corrected chi connectivity index (χ2v) is 7.99. The quantitative estimate of drug-likeness (QED) is 0.456. The number of benzene rings is 3. The average Bonchev–Trinajstić information content (AvgIpc) is 3.51. The Hall–Kier alpha value is -4.32. The van der Waals surface area contributed by atoms with Crippen LogP contribution in [0.1, 0.15) is 22.3 Å². The van der Waals surface area contributed by atoms with E-state index in [0.717, 1.165) is 22.3 Å². The van der Waals surface area contributed by atoms with Crippen LogP contribution in [0.5, 0.6) is 23.0 Å². The number of allylic oxidation sites excluding steroid dienone is 2. The van der Waals surface area contributed by atoms with Gasteiger partial charge >= 0.3 is 0 Å². The molecular weight excluding hydrogens is 432 g/mol. The lowest BCUT2D eigenvalue weighted by Gasteiger charge is -2.02. The fourth-order valence-electron chi connectivity index (χ4n) is 3.71. The molecule has 0 fully saturated rings. The lowest BCUT2D eigenvalue weighted by Crippen LogP contribution is -2.01. The second-order valence-electron chi connectivity index (χ2n) is 7.99. The van der Waals surface area contributed by atoms with Gasteiger partial charge in [0.25, 0.3) is 0 Å². The molecule has 0 aliphatic carbocycles. The van der Waals surface area contributed by atoms with Crippen LogP contribution in [0.4, 0.5) is 0 Å². The molecule has 2 heterocycles. The van der Waals surface area contributed by atoms with Crippen molar-refractivity contribution < 1.29 is 28.5 Å². The molecule has 0 unspecified atom stereocenters. The first-order valence-corrected chi connectivity index (χ1v) is 10.9. The topological polar surface area (TPSA) is 71.1 Å². The van der Waals surface area contributed by atoms with Gasteiger partial charge in [0.05, 0.1) is 0 Å². The summed E-state index contributed by atoms with van der Waals surface area (Å²) in [6, 6.07) is 18.7. The third-order valence-corrected chi connectivity index (χ3v) is 5.50. The van der Waals surface area contributed by atoms with E-state index >= 15 is 0 Å². The molecule has 0 saturated heterocycles. The van der Waals surface area contributed by atoms with Crippen molar-refractivity contribution in [2.24, 2.45) is 0 Å². The van der Waals surface area contributed by atoms with Crippen molar-refractivity contribution in [3.63, 3.8) is 0 Å². The van der Waals surface area contributed by atoms with Crippen molar-refractivity contribution >= 4 is 23.7 Å². The Bertz CT molecular complexity index is 1190. The van der Waals surface area contributed by atoms with E-state index in [4.69, 9.17) is 18.9 Å². The third kappa shape index (κ3) is 5.18. The number of ketones is 2. The molecule has 0 bridgehead atoms. The van der Waals surface area contributed by atoms with Gasteiger partial charge < -0.3 is 18.9 Å². The molecule has 0 N–H and O–H groups in total. The highest BCUT2D eigenvalue weighted by Gasteiger charge is 2.13. The Kier molecular flexibility index (Phi) is 6.12. The first-order valence-electron chi connectivity index (χ1n) is 10.9. The molecule has 5 rings (SSSR count). The zero-order valence-corrected chi connectivity index (χ0v) is 18.4. The number of hydrogen-bond acceptors (Lipinski definition) is 6. The van der Waals surface area contributed by atoms with Gasteiger partial charge in [-0.25, -0.2) is 0 Å². The second kappa shape index (κ2) is 9.67. The molecule has 170 valence electrons. The lowest BCUT2D eigenvalue weighted by atomic mass is 10.0. The molecule has 34 heavy (non-hydrogen) atoms. The van der Waals surface area contributed by atoms with Gasteiger partial charge in [-0.05, 0) is 58.7 Å². The fraction of sp³-hybridized carbons (Fsp3) is 0.143. The zero-order chi connectivity index (χ0) is 23.3. The monoisotopic (exact) mass is 454 g/mol. The van der Waals surface area contributed by atoms with Crippen molar-refractivity contribution in [1.82, 2.24) is 0 Å². The molecular formula is C28H22O6. The van der Waals surface area contributed by atoms with Gasteiger partial charge in [0.2, 0.25) is 13.6 Å². The predicted octanol–water partition coefficient (Wildman–Crippen LogP) is 4.79. The molecule has 0 radical (unpaired) electrons. The number of fused-ring (bicyclic) bond motifs is 2. The maximum Gasteiger partial charge on any atom is 0.231 e. The van der Waals surface area contributed by atoms with Crippen LogP contribution in [-0.2, 0) is 22.4 Å². The Balaban J connectivity index is 1.13. The number of carbonyl (C=O) groups excluding carboxylic acids is 2. The molecule has 0 amide bonds. The van der Waals surface area contributed by atoms with E-state index in [1.54, 1.807) is 24.3 Å². The van der Waals surface area contributed by atoms with Crippen LogP contribution < -0.4 is 18.9 Å². The highest BCUT2D eigenvalue weighted by atomic mass is 16.7. The Morgan fingerprint density at radius 2 is 1.00 bits per heavy atom. The Morgan fingerprint density at radius 3 is 1.44 bits per heavy atom. The summed E-state index contributed by atoms with van der Waals surface area (Å²) in [4.78, 5) is 24.7. The SMILES string of the molecule is O=C(C=Cc1ccc2c(c1)OCO2)Cc1ccc(CC(=O)C=Cc2ccc3c(c2)OCO3)cc1. The average molecular weight is 454 g/mol. The molecule has 0 saturated carbocycles. The van der Waals surface area contributed by atoms with E-state index in [1.165, 1.54) is 0 Å². The van der Waals surface area contributed by atoms with E-state index in [9.17, 15) is 9.59 Å². The molecule has 6 nitrogen and oxygen atoms in total. The van der Waals surface area contributed by atoms with Gasteiger partial charge in [-0.15, -0.1) is 0 Å². The number of rotatable bonds is 8. The minimum atomic E-state index is -0.00634. The van der Waals surface area contributed by atoms with Gasteiger partial charge in [-0.3, -0.25) is 9.59 Å². The fourth-order valence-corrected chi connectivity index (χ4v) is 3.71. The molecule has 6 heteroatoms. The maximum atomic E-state index is 12.4. The van der Waals surface area contributed by atoms with Crippen molar-refractivity contribution in [3.8, 4) is 23.0 Å². The van der Waals surface area contributed by atoms with Crippen molar-refractivity contribution in [2.75, 3.05) is 13.6 Å². The standard InChI is InChI=1S/C28H22O6/c29-23(9-5-21-7-11-25-27(15-21)33-17-31-25)13-19-1-2-20(4-3-19)14-24(30)10-6-22-8-12-26-28(16-22)34-18-32-26/h1-12,15-16H,13-14,17-18H2. The van der Waals surface area contributed by atoms with Crippen molar-refractivity contribution in [3.05, 3.63) is 95.1 Å². The Labute approximate surface area is 197 Å². The summed E-state index contributed by atoms with van der Waals surface area (Å²) < 4.78 is 21.3. The number of ether oxygens (including phenoxy) is 4. The minimum absolute atomic E-state index is 0.00634. The molecule has 2 aliphatic heterocycles. The van der Waals surface area contributed by atoms with E-state index in [1.807, 2.05) is 60.7 Å². The van der Waals surface area contributed by atoms with E-state index < -0.39 is 0 Å². The molecule has 2 aliphatic rings. The summed E-state index contributed by atoms with van der Waals surface area (Å²) in [6.45, 7) is 0.443. The van der Waals surface area contributed by atoms with Crippen LogP contribution in [0.2, 0.25) is 0 Å². The summed E-state index contributed by atoms with van der Waals surface area (Å²) in [5, 5.41) is 0.